The van der Waals surface area contributed by atoms with Gasteiger partial charge in [-0.1, -0.05) is 0 Å². The van der Waals surface area contributed by atoms with Gasteiger partial charge in [0.2, 0.25) is 11.9 Å². The van der Waals surface area contributed by atoms with Crippen molar-refractivity contribution in [2.75, 3.05) is 29.6 Å². The van der Waals surface area contributed by atoms with Gasteiger partial charge in [0.25, 0.3) is 0 Å². The van der Waals surface area contributed by atoms with E-state index < -0.39 is 0 Å². The van der Waals surface area contributed by atoms with Crippen LogP contribution in [0.5, 0.6) is 0 Å². The van der Waals surface area contributed by atoms with Gasteiger partial charge in [-0.15, -0.1) is 0 Å². The van der Waals surface area contributed by atoms with Crippen LogP contribution in [0.15, 0.2) is 6.20 Å². The van der Waals surface area contributed by atoms with Gasteiger partial charge < -0.3 is 26.8 Å². The highest BCUT2D eigenvalue weighted by atomic mass is 16.5. The third-order valence-corrected chi connectivity index (χ3v) is 5.30. The molecule has 1 aromatic rings. The van der Waals surface area contributed by atoms with Gasteiger partial charge in [0.1, 0.15) is 0 Å². The highest BCUT2D eigenvalue weighted by Gasteiger charge is 2.29. The molecule has 0 spiro atoms. The molecular formula is C17H28N6O2. The Morgan fingerprint density at radius 2 is 1.96 bits per heavy atom. The van der Waals surface area contributed by atoms with Crippen molar-refractivity contribution in [1.29, 1.82) is 0 Å². The number of nitrogens with zero attached hydrogens (tertiary/aromatic N) is 2. The third-order valence-electron chi connectivity index (χ3n) is 5.30. The summed E-state index contributed by atoms with van der Waals surface area (Å²) in [5, 5.41) is 6.83. The van der Waals surface area contributed by atoms with Crippen molar-refractivity contribution in [3.63, 3.8) is 0 Å². The van der Waals surface area contributed by atoms with Gasteiger partial charge in [-0.05, 0) is 45.4 Å². The second-order valence-corrected chi connectivity index (χ2v) is 7.39. The summed E-state index contributed by atoms with van der Waals surface area (Å²) < 4.78 is 5.43. The third kappa shape index (κ3) is 4.50. The fourth-order valence-electron chi connectivity index (χ4n) is 3.50. The summed E-state index contributed by atoms with van der Waals surface area (Å²) in [7, 11) is 0. The quantitative estimate of drug-likeness (QED) is 0.634. The number of aromatic nitrogens is 2. The molecule has 25 heavy (non-hydrogen) atoms. The van der Waals surface area contributed by atoms with E-state index in [9.17, 15) is 4.79 Å². The molecule has 2 fully saturated rings. The molecule has 1 aliphatic heterocycles. The molecule has 8 nitrogen and oxygen atoms in total. The molecule has 1 aromatic heterocycles. The van der Waals surface area contributed by atoms with Crippen LogP contribution in [0.4, 0.5) is 17.5 Å². The maximum absolute atomic E-state index is 11.3. The molecule has 1 amide bonds. The van der Waals surface area contributed by atoms with E-state index >= 15 is 0 Å². The van der Waals surface area contributed by atoms with Gasteiger partial charge >= 0.3 is 0 Å². The maximum atomic E-state index is 11.3. The first-order valence-electron chi connectivity index (χ1n) is 8.99. The van der Waals surface area contributed by atoms with Crippen molar-refractivity contribution >= 4 is 23.4 Å². The lowest BCUT2D eigenvalue weighted by atomic mass is 9.85. The van der Waals surface area contributed by atoms with Gasteiger partial charge in [-0.2, -0.15) is 4.98 Å². The van der Waals surface area contributed by atoms with Crippen molar-refractivity contribution in [3.05, 3.63) is 6.20 Å². The van der Waals surface area contributed by atoms with E-state index in [4.69, 9.17) is 16.2 Å². The van der Waals surface area contributed by atoms with Gasteiger partial charge in [-0.25, -0.2) is 4.98 Å². The first-order valence-corrected chi connectivity index (χ1v) is 8.99. The number of amides is 1. The average Bonchev–Trinajstić information content (AvgIpc) is 2.59. The summed E-state index contributed by atoms with van der Waals surface area (Å²) in [6.45, 7) is 3.65. The monoisotopic (exact) mass is 348 g/mol. The standard InChI is InChI=1S/C17H28N6O2/c1-17(6-8-25-9-7-17)23-16-20-10-13(18)15(22-16)21-12-4-2-11(3-5-12)14(19)24/h10-12H,2-9,18H2,1H3,(H2,19,24)(H2,20,21,22,23)/t11-,12-. The Labute approximate surface area is 148 Å². The number of rotatable bonds is 5. The van der Waals surface area contributed by atoms with E-state index in [0.29, 0.717) is 17.5 Å². The van der Waals surface area contributed by atoms with E-state index in [1.165, 1.54) is 0 Å². The highest BCUT2D eigenvalue weighted by molar-refractivity contribution is 5.76. The molecule has 2 heterocycles. The Kier molecular flexibility index (Phi) is 5.27. The molecule has 0 radical (unpaired) electrons. The van der Waals surface area contributed by atoms with E-state index in [1.807, 2.05) is 0 Å². The number of nitrogens with one attached hydrogen (secondary N) is 2. The van der Waals surface area contributed by atoms with Gasteiger partial charge in [-0.3, -0.25) is 4.79 Å². The van der Waals surface area contributed by atoms with Gasteiger partial charge in [0.15, 0.2) is 5.82 Å². The van der Waals surface area contributed by atoms with Crippen LogP contribution in [-0.4, -0.2) is 40.7 Å². The molecule has 0 unspecified atom stereocenters. The van der Waals surface area contributed by atoms with E-state index in [1.54, 1.807) is 6.20 Å². The summed E-state index contributed by atoms with van der Waals surface area (Å²) in [4.78, 5) is 20.2. The van der Waals surface area contributed by atoms with Crippen molar-refractivity contribution in [1.82, 2.24) is 9.97 Å². The molecule has 138 valence electrons. The molecule has 1 saturated carbocycles. The highest BCUT2D eigenvalue weighted by Crippen LogP contribution is 2.29. The normalized spacial score (nSPS) is 26.0. The molecule has 6 N–H and O–H groups in total. The van der Waals surface area contributed by atoms with Crippen molar-refractivity contribution in [2.24, 2.45) is 11.7 Å². The van der Waals surface area contributed by atoms with Crippen LogP contribution in [0.1, 0.15) is 45.4 Å². The van der Waals surface area contributed by atoms with Crippen LogP contribution in [0.3, 0.4) is 0 Å². The lowest BCUT2D eigenvalue weighted by Gasteiger charge is -2.34. The SMILES string of the molecule is CC1(Nc2ncc(N)c(N[C@H]3CC[C@H](C(N)=O)CC3)n2)CCOCC1. The summed E-state index contributed by atoms with van der Waals surface area (Å²) in [6, 6.07) is 0.249. The van der Waals surface area contributed by atoms with Crippen molar-refractivity contribution in [2.45, 2.75) is 57.0 Å². The summed E-state index contributed by atoms with van der Waals surface area (Å²) in [6.07, 6.45) is 6.85. The fourth-order valence-corrected chi connectivity index (χ4v) is 3.50. The van der Waals surface area contributed by atoms with Crippen LogP contribution < -0.4 is 22.1 Å². The molecule has 0 aromatic carbocycles. The van der Waals surface area contributed by atoms with Crippen LogP contribution in [0, 0.1) is 5.92 Å². The van der Waals surface area contributed by atoms with Gasteiger partial charge in [0.05, 0.1) is 11.9 Å². The Morgan fingerprint density at radius 1 is 1.28 bits per heavy atom. The number of hydrogen-bond donors (Lipinski definition) is 4. The van der Waals surface area contributed by atoms with E-state index in [-0.39, 0.29) is 23.4 Å². The number of nitrogen functional groups attached to an aromatic ring is 1. The lowest BCUT2D eigenvalue weighted by Crippen LogP contribution is -2.41. The number of nitrogens with two attached hydrogens (primary N) is 2. The minimum absolute atomic E-state index is 0.00788. The van der Waals surface area contributed by atoms with E-state index in [2.05, 4.69) is 27.5 Å². The van der Waals surface area contributed by atoms with Gasteiger partial charge in [0, 0.05) is 30.7 Å². The van der Waals surface area contributed by atoms with Crippen LogP contribution in [-0.2, 0) is 9.53 Å². The zero-order valence-electron chi connectivity index (χ0n) is 14.8. The van der Waals surface area contributed by atoms with Crippen LogP contribution in [0.25, 0.3) is 0 Å². The summed E-state index contributed by atoms with van der Waals surface area (Å²) in [5.41, 5.74) is 11.9. The molecular weight excluding hydrogens is 320 g/mol. The first-order chi connectivity index (χ1) is 12.0. The fraction of sp³-hybridized carbons (Fsp3) is 0.706. The number of anilines is 3. The average molecular weight is 348 g/mol. The van der Waals surface area contributed by atoms with E-state index in [0.717, 1.165) is 51.7 Å². The predicted molar refractivity (Wildman–Crippen MR) is 97.1 cm³/mol. The predicted octanol–water partition coefficient (Wildman–Crippen LogP) is 1.50. The lowest BCUT2D eigenvalue weighted by molar-refractivity contribution is -0.122. The topological polar surface area (TPSA) is 128 Å². The minimum atomic E-state index is -0.198. The maximum Gasteiger partial charge on any atom is 0.225 e. The number of carbonyl (C=O) groups is 1. The number of hydrogen-bond acceptors (Lipinski definition) is 7. The van der Waals surface area contributed by atoms with Crippen LogP contribution >= 0.6 is 0 Å². The smallest absolute Gasteiger partial charge is 0.225 e. The number of ether oxygens (including phenoxy) is 1. The molecule has 0 bridgehead atoms. The Morgan fingerprint density at radius 3 is 2.60 bits per heavy atom. The second-order valence-electron chi connectivity index (χ2n) is 7.39. The number of primary amides is 1. The first kappa shape index (κ1) is 17.7. The largest absolute Gasteiger partial charge is 0.394 e. The Bertz CT molecular complexity index is 609. The number of carbonyl (C=O) groups excluding carboxylic acids is 1. The zero-order valence-corrected chi connectivity index (χ0v) is 14.8. The minimum Gasteiger partial charge on any atom is -0.394 e. The zero-order chi connectivity index (χ0) is 17.9. The van der Waals surface area contributed by atoms with Crippen molar-refractivity contribution in [3.8, 4) is 0 Å². The molecule has 1 saturated heterocycles. The molecule has 3 rings (SSSR count). The molecule has 2 aliphatic rings. The van der Waals surface area contributed by atoms with Crippen LogP contribution in [0.2, 0.25) is 0 Å². The molecule has 8 heteroatoms. The Balaban J connectivity index is 1.63. The summed E-state index contributed by atoms with van der Waals surface area (Å²) in [5.74, 6) is 1.02. The summed E-state index contributed by atoms with van der Waals surface area (Å²) >= 11 is 0. The van der Waals surface area contributed by atoms with Crippen molar-refractivity contribution < 1.29 is 9.53 Å². The Hall–Kier alpha value is -2.09. The second kappa shape index (κ2) is 7.43. The molecule has 0 atom stereocenters. The molecule has 1 aliphatic carbocycles.